The summed E-state index contributed by atoms with van der Waals surface area (Å²) in [5.41, 5.74) is 0.366. The predicted molar refractivity (Wildman–Crippen MR) is 66.4 cm³/mol. The van der Waals surface area contributed by atoms with Gasteiger partial charge in [0.15, 0.2) is 5.69 Å². The maximum absolute atomic E-state index is 8.64. The normalized spacial score (nSPS) is 24.7. The smallest absolute Gasteiger partial charge is 0.163 e. The van der Waals surface area contributed by atoms with Gasteiger partial charge in [-0.1, -0.05) is 19.8 Å². The quantitative estimate of drug-likeness (QED) is 0.793. The largest absolute Gasteiger partial charge is 0.366 e. The summed E-state index contributed by atoms with van der Waals surface area (Å²) in [4.78, 5) is 0. The first-order chi connectivity index (χ1) is 8.28. The molecule has 0 amide bonds. The van der Waals surface area contributed by atoms with Crippen LogP contribution in [-0.2, 0) is 0 Å². The Labute approximate surface area is 102 Å². The molecular weight excluding hydrogens is 212 g/mol. The van der Waals surface area contributed by atoms with E-state index in [1.54, 1.807) is 6.07 Å². The summed E-state index contributed by atoms with van der Waals surface area (Å²) in [5, 5.41) is 19.9. The number of aromatic nitrogens is 2. The van der Waals surface area contributed by atoms with Gasteiger partial charge >= 0.3 is 0 Å². The molecule has 1 aliphatic carbocycles. The Hall–Kier alpha value is -1.63. The molecule has 2 atom stereocenters. The maximum atomic E-state index is 8.64. The second-order valence-electron chi connectivity index (χ2n) is 4.87. The van der Waals surface area contributed by atoms with E-state index in [1.807, 2.05) is 12.1 Å². The lowest BCUT2D eigenvalue weighted by Gasteiger charge is -2.16. The lowest BCUT2D eigenvalue weighted by Crippen LogP contribution is -2.19. The van der Waals surface area contributed by atoms with Gasteiger partial charge in [-0.15, -0.1) is 10.2 Å². The van der Waals surface area contributed by atoms with Crippen molar-refractivity contribution in [2.75, 3.05) is 5.32 Å². The van der Waals surface area contributed by atoms with E-state index in [4.69, 9.17) is 5.26 Å². The molecule has 1 saturated carbocycles. The fourth-order valence-electron chi connectivity index (χ4n) is 2.31. The summed E-state index contributed by atoms with van der Waals surface area (Å²) >= 11 is 0. The van der Waals surface area contributed by atoms with Gasteiger partial charge < -0.3 is 5.32 Å². The van der Waals surface area contributed by atoms with E-state index in [0.717, 1.165) is 11.7 Å². The number of nitriles is 1. The van der Waals surface area contributed by atoms with Crippen LogP contribution < -0.4 is 5.32 Å². The molecule has 0 bridgehead atoms. The SMILES string of the molecule is CC1CCCC(Nc2ccc(C#N)nn2)CC1. The minimum absolute atomic E-state index is 0.366. The number of nitrogens with one attached hydrogen (secondary N) is 1. The standard InChI is InChI=1S/C13H18N4/c1-10-3-2-4-11(6-5-10)15-13-8-7-12(9-14)16-17-13/h7-8,10-11H,2-6H2,1H3,(H,15,17). The van der Waals surface area contributed by atoms with E-state index in [1.165, 1.54) is 32.1 Å². The van der Waals surface area contributed by atoms with Crippen molar-refractivity contribution in [2.24, 2.45) is 5.92 Å². The van der Waals surface area contributed by atoms with Gasteiger partial charge in [0, 0.05) is 6.04 Å². The highest BCUT2D eigenvalue weighted by Gasteiger charge is 2.16. The Morgan fingerprint density at radius 2 is 2.12 bits per heavy atom. The Kier molecular flexibility index (Phi) is 3.92. The molecule has 1 heterocycles. The molecule has 4 heteroatoms. The molecule has 17 heavy (non-hydrogen) atoms. The molecule has 1 aliphatic rings. The summed E-state index contributed by atoms with van der Waals surface area (Å²) in [6.45, 7) is 2.32. The van der Waals surface area contributed by atoms with Crippen LogP contribution in [0.5, 0.6) is 0 Å². The second kappa shape index (κ2) is 5.62. The van der Waals surface area contributed by atoms with E-state index in [-0.39, 0.29) is 0 Å². The summed E-state index contributed by atoms with van der Waals surface area (Å²) < 4.78 is 0. The summed E-state index contributed by atoms with van der Waals surface area (Å²) in [5.74, 6) is 1.62. The summed E-state index contributed by atoms with van der Waals surface area (Å²) in [7, 11) is 0. The first-order valence-corrected chi connectivity index (χ1v) is 6.28. The molecule has 1 N–H and O–H groups in total. The molecular formula is C13H18N4. The number of rotatable bonds is 2. The van der Waals surface area contributed by atoms with Crippen molar-refractivity contribution in [3.63, 3.8) is 0 Å². The Bertz CT molecular complexity index is 393. The zero-order valence-electron chi connectivity index (χ0n) is 10.2. The van der Waals surface area contributed by atoms with Crippen LogP contribution in [0.2, 0.25) is 0 Å². The number of anilines is 1. The molecule has 0 aromatic carbocycles. The molecule has 1 aromatic heterocycles. The number of nitrogens with zero attached hydrogens (tertiary/aromatic N) is 3. The highest BCUT2D eigenvalue weighted by atomic mass is 15.2. The van der Waals surface area contributed by atoms with Crippen LogP contribution in [0.15, 0.2) is 12.1 Å². The molecule has 0 saturated heterocycles. The van der Waals surface area contributed by atoms with E-state index in [9.17, 15) is 0 Å². The second-order valence-corrected chi connectivity index (χ2v) is 4.87. The predicted octanol–water partition coefficient (Wildman–Crippen LogP) is 2.73. The third kappa shape index (κ3) is 3.42. The minimum atomic E-state index is 0.366. The maximum Gasteiger partial charge on any atom is 0.163 e. The summed E-state index contributed by atoms with van der Waals surface area (Å²) in [6.07, 6.45) is 6.29. The molecule has 0 spiro atoms. The third-order valence-corrected chi connectivity index (χ3v) is 3.39. The lowest BCUT2D eigenvalue weighted by molar-refractivity contribution is 0.501. The Morgan fingerprint density at radius 1 is 1.24 bits per heavy atom. The number of hydrogen-bond acceptors (Lipinski definition) is 4. The van der Waals surface area contributed by atoms with Crippen molar-refractivity contribution in [1.29, 1.82) is 5.26 Å². The van der Waals surface area contributed by atoms with Crippen LogP contribution in [0.1, 0.15) is 44.7 Å². The number of hydrogen-bond donors (Lipinski definition) is 1. The summed E-state index contributed by atoms with van der Waals surface area (Å²) in [6, 6.07) is 6.01. The van der Waals surface area contributed by atoms with Gasteiger partial charge in [-0.3, -0.25) is 0 Å². The van der Waals surface area contributed by atoms with Gasteiger partial charge in [-0.25, -0.2) is 0 Å². The van der Waals surface area contributed by atoms with E-state index in [0.29, 0.717) is 11.7 Å². The monoisotopic (exact) mass is 230 g/mol. The van der Waals surface area contributed by atoms with Crippen LogP contribution >= 0.6 is 0 Å². The van der Waals surface area contributed by atoms with Gasteiger partial charge in [0.05, 0.1) is 0 Å². The molecule has 1 fully saturated rings. The Balaban J connectivity index is 1.93. The van der Waals surface area contributed by atoms with Gasteiger partial charge in [0.25, 0.3) is 0 Å². The van der Waals surface area contributed by atoms with Crippen molar-refractivity contribution in [3.8, 4) is 6.07 Å². The molecule has 2 unspecified atom stereocenters. The molecule has 1 aromatic rings. The fraction of sp³-hybridized carbons (Fsp3) is 0.615. The van der Waals surface area contributed by atoms with Crippen LogP contribution in [0.25, 0.3) is 0 Å². The van der Waals surface area contributed by atoms with Crippen molar-refractivity contribution in [2.45, 2.75) is 45.1 Å². The third-order valence-electron chi connectivity index (χ3n) is 3.39. The van der Waals surface area contributed by atoms with E-state index < -0.39 is 0 Å². The average molecular weight is 230 g/mol. The molecule has 2 rings (SSSR count). The zero-order chi connectivity index (χ0) is 12.1. The van der Waals surface area contributed by atoms with Gasteiger partial charge in [0.2, 0.25) is 0 Å². The van der Waals surface area contributed by atoms with Crippen LogP contribution in [0, 0.1) is 17.2 Å². The lowest BCUT2D eigenvalue weighted by atomic mass is 10.0. The first kappa shape index (κ1) is 11.8. The van der Waals surface area contributed by atoms with E-state index in [2.05, 4.69) is 22.4 Å². The molecule has 0 radical (unpaired) electrons. The fourth-order valence-corrected chi connectivity index (χ4v) is 2.31. The van der Waals surface area contributed by atoms with Crippen molar-refractivity contribution < 1.29 is 0 Å². The van der Waals surface area contributed by atoms with Crippen LogP contribution in [0.3, 0.4) is 0 Å². The van der Waals surface area contributed by atoms with Gasteiger partial charge in [-0.2, -0.15) is 5.26 Å². The molecule has 90 valence electrons. The van der Waals surface area contributed by atoms with Crippen LogP contribution in [0.4, 0.5) is 5.82 Å². The van der Waals surface area contributed by atoms with E-state index >= 15 is 0 Å². The topological polar surface area (TPSA) is 61.6 Å². The average Bonchev–Trinajstić information content (AvgIpc) is 2.56. The minimum Gasteiger partial charge on any atom is -0.366 e. The highest BCUT2D eigenvalue weighted by molar-refractivity contribution is 5.36. The zero-order valence-corrected chi connectivity index (χ0v) is 10.2. The first-order valence-electron chi connectivity index (χ1n) is 6.28. The van der Waals surface area contributed by atoms with Crippen molar-refractivity contribution in [1.82, 2.24) is 10.2 Å². The highest BCUT2D eigenvalue weighted by Crippen LogP contribution is 2.24. The molecule has 4 nitrogen and oxygen atoms in total. The van der Waals surface area contributed by atoms with Crippen molar-refractivity contribution >= 4 is 5.82 Å². The Morgan fingerprint density at radius 3 is 2.82 bits per heavy atom. The van der Waals surface area contributed by atoms with Crippen LogP contribution in [-0.4, -0.2) is 16.2 Å². The van der Waals surface area contributed by atoms with Gasteiger partial charge in [0.1, 0.15) is 11.9 Å². The molecule has 0 aliphatic heterocycles. The van der Waals surface area contributed by atoms with Gasteiger partial charge in [-0.05, 0) is 37.3 Å². The van der Waals surface area contributed by atoms with Crippen molar-refractivity contribution in [3.05, 3.63) is 17.8 Å².